The topological polar surface area (TPSA) is 92.0 Å². The molecule has 0 aliphatic rings. The van der Waals surface area contributed by atoms with Crippen molar-refractivity contribution in [3.05, 3.63) is 36.4 Å². The summed E-state index contributed by atoms with van der Waals surface area (Å²) in [6, 6.07) is 4.01. The summed E-state index contributed by atoms with van der Waals surface area (Å²) in [5.74, 6) is 1.64. The molecule has 0 aromatic carbocycles. The lowest BCUT2D eigenvalue weighted by molar-refractivity contribution is 0.271. The molecule has 23 heavy (non-hydrogen) atoms. The quantitative estimate of drug-likeness (QED) is 0.698. The van der Waals surface area contributed by atoms with E-state index in [-0.39, 0.29) is 6.61 Å². The van der Waals surface area contributed by atoms with Crippen molar-refractivity contribution < 1.29 is 5.11 Å². The van der Waals surface area contributed by atoms with Crippen molar-refractivity contribution in [1.82, 2.24) is 24.7 Å². The first-order valence-corrected chi connectivity index (χ1v) is 7.32. The third kappa shape index (κ3) is 3.21. The van der Waals surface area contributed by atoms with Gasteiger partial charge in [0.05, 0.1) is 24.7 Å². The van der Waals surface area contributed by atoms with Crippen molar-refractivity contribution >= 4 is 22.7 Å². The lowest BCUT2D eigenvalue weighted by atomic mass is 10.2. The van der Waals surface area contributed by atoms with Crippen LogP contribution in [0.5, 0.6) is 0 Å². The monoisotopic (exact) mass is 313 g/mol. The van der Waals surface area contributed by atoms with Gasteiger partial charge >= 0.3 is 0 Å². The Morgan fingerprint density at radius 1 is 1.17 bits per heavy atom. The van der Waals surface area contributed by atoms with Crippen LogP contribution in [0.4, 0.5) is 11.6 Å². The molecule has 0 aliphatic heterocycles. The summed E-state index contributed by atoms with van der Waals surface area (Å²) in [7, 11) is 3.92. The summed E-state index contributed by atoms with van der Waals surface area (Å²) in [6.45, 7) is 1.04. The maximum Gasteiger partial charge on any atom is 0.163 e. The molecule has 3 aromatic rings. The number of pyridine rings is 1. The predicted molar refractivity (Wildman–Crippen MR) is 88.3 cm³/mol. The van der Waals surface area contributed by atoms with E-state index in [0.717, 1.165) is 22.6 Å². The fraction of sp³-hybridized carbons (Fsp3) is 0.333. The average Bonchev–Trinajstić information content (AvgIpc) is 2.97. The normalized spacial score (nSPS) is 10.9. The molecule has 0 fully saturated rings. The Balaban J connectivity index is 1.76. The molecule has 0 unspecified atom stereocenters. The average molecular weight is 313 g/mol. The van der Waals surface area contributed by atoms with Crippen LogP contribution in [0.2, 0.25) is 0 Å². The molecule has 8 nitrogen and oxygen atoms in total. The van der Waals surface area contributed by atoms with Gasteiger partial charge in [-0.25, -0.2) is 19.6 Å². The number of hydrogen-bond acceptors (Lipinski definition) is 7. The Morgan fingerprint density at radius 3 is 2.74 bits per heavy atom. The molecule has 3 heterocycles. The molecule has 8 heteroatoms. The zero-order valence-corrected chi connectivity index (χ0v) is 13.1. The molecule has 0 aliphatic carbocycles. The second kappa shape index (κ2) is 6.57. The van der Waals surface area contributed by atoms with Crippen LogP contribution in [-0.2, 0) is 13.1 Å². The Bertz CT molecular complexity index is 782. The third-order valence-corrected chi connectivity index (χ3v) is 3.47. The van der Waals surface area contributed by atoms with Gasteiger partial charge in [0.25, 0.3) is 0 Å². The van der Waals surface area contributed by atoms with E-state index in [0.29, 0.717) is 18.7 Å². The molecule has 0 amide bonds. The van der Waals surface area contributed by atoms with Crippen LogP contribution in [0.3, 0.4) is 0 Å². The van der Waals surface area contributed by atoms with E-state index >= 15 is 0 Å². The molecule has 2 N–H and O–H groups in total. The van der Waals surface area contributed by atoms with Crippen molar-refractivity contribution in [2.45, 2.75) is 13.1 Å². The Hall–Kier alpha value is -2.74. The number of fused-ring (bicyclic) bond motifs is 1. The van der Waals surface area contributed by atoms with Crippen LogP contribution in [0, 0.1) is 0 Å². The molecule has 0 spiro atoms. The Labute approximate surface area is 133 Å². The SMILES string of the molecule is CN(C)c1ccc(CNc2ncnc3c2cnn3CCO)cn1. The number of aliphatic hydroxyl groups excluding tert-OH is 1. The zero-order valence-electron chi connectivity index (χ0n) is 13.1. The molecule has 3 rings (SSSR count). The summed E-state index contributed by atoms with van der Waals surface area (Å²) in [6.07, 6.45) is 5.05. The molecule has 0 atom stereocenters. The minimum absolute atomic E-state index is 0.0213. The fourth-order valence-electron chi connectivity index (χ4n) is 2.26. The molecular weight excluding hydrogens is 294 g/mol. The van der Waals surface area contributed by atoms with Crippen LogP contribution < -0.4 is 10.2 Å². The smallest absolute Gasteiger partial charge is 0.163 e. The van der Waals surface area contributed by atoms with Crippen molar-refractivity contribution in [3.8, 4) is 0 Å². The van der Waals surface area contributed by atoms with Crippen molar-refractivity contribution in [2.75, 3.05) is 30.9 Å². The van der Waals surface area contributed by atoms with E-state index in [4.69, 9.17) is 5.11 Å². The highest BCUT2D eigenvalue weighted by atomic mass is 16.3. The number of nitrogens with zero attached hydrogens (tertiary/aromatic N) is 6. The van der Waals surface area contributed by atoms with Crippen LogP contribution >= 0.6 is 0 Å². The standard InChI is InChI=1S/C15H19N7O/c1-21(2)13-4-3-11(7-16-13)8-17-14-12-9-20-22(5-6-23)15(12)19-10-18-14/h3-4,7,9-10,23H,5-6,8H2,1-2H3,(H,17,18,19). The van der Waals surface area contributed by atoms with Gasteiger partial charge in [-0.2, -0.15) is 5.10 Å². The molecule has 0 radical (unpaired) electrons. The van der Waals surface area contributed by atoms with E-state index in [1.807, 2.05) is 37.3 Å². The number of nitrogens with one attached hydrogen (secondary N) is 1. The van der Waals surface area contributed by atoms with E-state index in [1.54, 1.807) is 10.9 Å². The first kappa shape index (κ1) is 15.2. The second-order valence-electron chi connectivity index (χ2n) is 5.32. The van der Waals surface area contributed by atoms with Crippen molar-refractivity contribution in [1.29, 1.82) is 0 Å². The van der Waals surface area contributed by atoms with Gasteiger partial charge in [-0.15, -0.1) is 0 Å². The minimum Gasteiger partial charge on any atom is -0.394 e. The third-order valence-electron chi connectivity index (χ3n) is 3.47. The predicted octanol–water partition coefficient (Wildman–Crippen LogP) is 0.892. The van der Waals surface area contributed by atoms with Gasteiger partial charge in [0.15, 0.2) is 5.65 Å². The van der Waals surface area contributed by atoms with E-state index in [2.05, 4.69) is 25.4 Å². The zero-order chi connectivity index (χ0) is 16.2. The van der Waals surface area contributed by atoms with Gasteiger partial charge in [0.1, 0.15) is 18.0 Å². The van der Waals surface area contributed by atoms with Gasteiger partial charge in [0, 0.05) is 26.8 Å². The number of hydrogen-bond donors (Lipinski definition) is 2. The van der Waals surface area contributed by atoms with Gasteiger partial charge in [0.2, 0.25) is 0 Å². The van der Waals surface area contributed by atoms with E-state index < -0.39 is 0 Å². The first-order chi connectivity index (χ1) is 11.2. The molecule has 0 saturated heterocycles. The van der Waals surface area contributed by atoms with Crippen LogP contribution in [0.15, 0.2) is 30.9 Å². The molecule has 0 bridgehead atoms. The first-order valence-electron chi connectivity index (χ1n) is 7.32. The van der Waals surface area contributed by atoms with Gasteiger partial charge in [-0.1, -0.05) is 6.07 Å². The van der Waals surface area contributed by atoms with E-state index in [1.165, 1.54) is 6.33 Å². The van der Waals surface area contributed by atoms with Gasteiger partial charge in [-0.05, 0) is 11.6 Å². The Morgan fingerprint density at radius 2 is 2.04 bits per heavy atom. The number of rotatable bonds is 6. The summed E-state index contributed by atoms with van der Waals surface area (Å²) in [5, 5.41) is 17.4. The van der Waals surface area contributed by atoms with Crippen LogP contribution in [0.1, 0.15) is 5.56 Å². The molecule has 3 aromatic heterocycles. The number of anilines is 2. The molecular formula is C15H19N7O. The Kier molecular flexibility index (Phi) is 4.33. The van der Waals surface area contributed by atoms with Crippen LogP contribution in [0.25, 0.3) is 11.0 Å². The maximum absolute atomic E-state index is 9.05. The van der Waals surface area contributed by atoms with Crippen molar-refractivity contribution in [3.63, 3.8) is 0 Å². The summed E-state index contributed by atoms with van der Waals surface area (Å²) in [5.41, 5.74) is 1.77. The fourth-order valence-corrected chi connectivity index (χ4v) is 2.26. The summed E-state index contributed by atoms with van der Waals surface area (Å²) >= 11 is 0. The lowest BCUT2D eigenvalue weighted by Gasteiger charge is -2.11. The highest BCUT2D eigenvalue weighted by Gasteiger charge is 2.09. The maximum atomic E-state index is 9.05. The summed E-state index contributed by atoms with van der Waals surface area (Å²) < 4.78 is 1.66. The highest BCUT2D eigenvalue weighted by Crippen LogP contribution is 2.19. The largest absolute Gasteiger partial charge is 0.394 e. The second-order valence-corrected chi connectivity index (χ2v) is 5.32. The minimum atomic E-state index is 0.0213. The lowest BCUT2D eigenvalue weighted by Crippen LogP contribution is -2.11. The highest BCUT2D eigenvalue weighted by molar-refractivity contribution is 5.86. The number of aromatic nitrogens is 5. The van der Waals surface area contributed by atoms with E-state index in [9.17, 15) is 0 Å². The summed E-state index contributed by atoms with van der Waals surface area (Å²) in [4.78, 5) is 14.9. The van der Waals surface area contributed by atoms with Crippen molar-refractivity contribution in [2.24, 2.45) is 0 Å². The molecule has 0 saturated carbocycles. The van der Waals surface area contributed by atoms with Gasteiger partial charge < -0.3 is 15.3 Å². The van der Waals surface area contributed by atoms with Gasteiger partial charge in [-0.3, -0.25) is 0 Å². The van der Waals surface area contributed by atoms with Crippen LogP contribution in [-0.4, -0.2) is 50.5 Å². The number of aliphatic hydroxyl groups is 1. The molecule has 120 valence electrons.